The van der Waals surface area contributed by atoms with Crippen LogP contribution in [0.25, 0.3) is 5.69 Å². The summed E-state index contributed by atoms with van der Waals surface area (Å²) in [5.74, 6) is -1.20. The number of hydrogen-bond acceptors (Lipinski definition) is 1. The van der Waals surface area contributed by atoms with Crippen LogP contribution in [0.3, 0.4) is 0 Å². The zero-order chi connectivity index (χ0) is 19.7. The first kappa shape index (κ1) is 18.5. The van der Waals surface area contributed by atoms with E-state index in [1.54, 1.807) is 17.0 Å². The molecule has 0 fully saturated rings. The quantitative estimate of drug-likeness (QED) is 0.467. The van der Waals surface area contributed by atoms with Crippen molar-refractivity contribution in [2.24, 2.45) is 0 Å². The monoisotopic (exact) mass is 392 g/mol. The summed E-state index contributed by atoms with van der Waals surface area (Å²) in [6, 6.07) is 20.1. The van der Waals surface area contributed by atoms with Crippen LogP contribution in [0.5, 0.6) is 0 Å². The second-order valence-electron chi connectivity index (χ2n) is 6.60. The maximum atomic E-state index is 14.5. The summed E-state index contributed by atoms with van der Waals surface area (Å²) >= 11 is 0. The molecule has 4 aromatic rings. The van der Waals surface area contributed by atoms with Crippen LogP contribution in [-0.4, -0.2) is 9.55 Å². The van der Waals surface area contributed by atoms with Gasteiger partial charge in [0.1, 0.15) is 17.2 Å². The first-order valence-electron chi connectivity index (χ1n) is 8.96. The third-order valence-electron chi connectivity index (χ3n) is 4.70. The van der Waals surface area contributed by atoms with Gasteiger partial charge in [-0.1, -0.05) is 48.5 Å². The topological polar surface area (TPSA) is 17.8 Å². The van der Waals surface area contributed by atoms with E-state index < -0.39 is 19.6 Å². The molecule has 0 amide bonds. The van der Waals surface area contributed by atoms with Gasteiger partial charge in [-0.3, -0.25) is 4.57 Å². The fourth-order valence-corrected chi connectivity index (χ4v) is 5.89. The lowest BCUT2D eigenvalue weighted by Gasteiger charge is -2.23. The van der Waals surface area contributed by atoms with Gasteiger partial charge in [0.25, 0.3) is 0 Å². The number of aromatic nitrogens is 2. The Morgan fingerprint density at radius 2 is 1.43 bits per heavy atom. The highest BCUT2D eigenvalue weighted by molar-refractivity contribution is 7.79. The number of halogens is 2. The highest BCUT2D eigenvalue weighted by atomic mass is 31.1. The van der Waals surface area contributed by atoms with Crippen LogP contribution in [-0.2, 0) is 0 Å². The van der Waals surface area contributed by atoms with Crippen LogP contribution in [0, 0.1) is 25.5 Å². The predicted octanol–water partition coefficient (Wildman–Crippen LogP) is 4.53. The van der Waals surface area contributed by atoms with E-state index in [9.17, 15) is 8.78 Å². The molecule has 0 unspecified atom stereocenters. The Balaban J connectivity index is 1.96. The minimum atomic E-state index is -1.02. The average Bonchev–Trinajstić information content (AvgIpc) is 3.14. The van der Waals surface area contributed by atoms with Gasteiger partial charge in [0.15, 0.2) is 0 Å². The zero-order valence-electron chi connectivity index (χ0n) is 15.6. The largest absolute Gasteiger partial charge is 0.297 e. The lowest BCUT2D eigenvalue weighted by atomic mass is 10.2. The number of nitrogens with zero attached hydrogens (tertiary/aromatic N) is 2. The van der Waals surface area contributed by atoms with Gasteiger partial charge in [-0.2, -0.15) is 0 Å². The summed E-state index contributed by atoms with van der Waals surface area (Å²) in [5.41, 5.74) is 3.37. The van der Waals surface area contributed by atoms with Crippen molar-refractivity contribution in [2.45, 2.75) is 13.8 Å². The second kappa shape index (κ2) is 7.65. The second-order valence-corrected chi connectivity index (χ2v) is 8.64. The molecule has 0 atom stereocenters. The van der Waals surface area contributed by atoms with E-state index in [1.165, 1.54) is 22.7 Å². The standard InChI is InChI=1S/C23H19F2N2P/c1-16-7-3-5-9-21(16)28(22-10-6-4-8-17(22)2)23-26-13-14-27(23)20-12-11-18(24)15-19(20)25/h3-15H,1-2H3. The molecule has 0 spiro atoms. The summed E-state index contributed by atoms with van der Waals surface area (Å²) in [7, 11) is -1.02. The van der Waals surface area contributed by atoms with Crippen LogP contribution < -0.4 is 16.2 Å². The molecule has 0 radical (unpaired) electrons. The molecule has 0 bridgehead atoms. The molecule has 4 rings (SSSR count). The van der Waals surface area contributed by atoms with E-state index in [0.29, 0.717) is 5.69 Å². The SMILES string of the molecule is Cc1ccccc1P(c1ccccc1C)c1nccn1-c1ccc(F)cc1F. The molecule has 28 heavy (non-hydrogen) atoms. The molecule has 0 aliphatic carbocycles. The lowest BCUT2D eigenvalue weighted by molar-refractivity contribution is 0.578. The molecule has 0 aliphatic heterocycles. The molecule has 0 aliphatic rings. The molecule has 5 heteroatoms. The zero-order valence-corrected chi connectivity index (χ0v) is 16.5. The van der Waals surface area contributed by atoms with E-state index in [1.807, 2.05) is 24.3 Å². The highest BCUT2D eigenvalue weighted by Crippen LogP contribution is 2.35. The third-order valence-corrected chi connectivity index (χ3v) is 7.40. The van der Waals surface area contributed by atoms with Gasteiger partial charge >= 0.3 is 0 Å². The van der Waals surface area contributed by atoms with Crippen molar-refractivity contribution < 1.29 is 8.78 Å². The first-order chi connectivity index (χ1) is 13.6. The number of rotatable bonds is 4. The van der Waals surface area contributed by atoms with Crippen molar-refractivity contribution in [1.29, 1.82) is 0 Å². The number of aryl methyl sites for hydroxylation is 2. The Labute approximate surface area is 164 Å². The summed E-state index contributed by atoms with van der Waals surface area (Å²) in [6.45, 7) is 4.16. The van der Waals surface area contributed by atoms with E-state index in [0.717, 1.165) is 22.8 Å². The summed E-state index contributed by atoms with van der Waals surface area (Å²) in [4.78, 5) is 4.62. The molecular formula is C23H19F2N2P. The molecule has 2 nitrogen and oxygen atoms in total. The minimum absolute atomic E-state index is 0.295. The summed E-state index contributed by atoms with van der Waals surface area (Å²) in [5, 5.41) is 2.34. The average molecular weight is 392 g/mol. The van der Waals surface area contributed by atoms with Crippen molar-refractivity contribution in [3.05, 3.63) is 102 Å². The normalized spacial score (nSPS) is 11.2. The molecule has 1 aromatic heterocycles. The Morgan fingerprint density at radius 1 is 0.821 bits per heavy atom. The Hall–Kier alpha value is -2.84. The Kier molecular flexibility index (Phi) is 5.06. The van der Waals surface area contributed by atoms with Crippen molar-refractivity contribution >= 4 is 24.1 Å². The van der Waals surface area contributed by atoms with E-state index >= 15 is 0 Å². The van der Waals surface area contributed by atoms with Gasteiger partial charge in [0, 0.05) is 26.4 Å². The fraction of sp³-hybridized carbons (Fsp3) is 0.0870. The molecule has 1 heterocycles. The summed E-state index contributed by atoms with van der Waals surface area (Å²) in [6.07, 6.45) is 3.40. The van der Waals surface area contributed by atoms with Crippen LogP contribution in [0.15, 0.2) is 79.1 Å². The number of benzene rings is 3. The summed E-state index contributed by atoms with van der Waals surface area (Å²) < 4.78 is 29.7. The molecule has 140 valence electrons. The van der Waals surface area contributed by atoms with Crippen molar-refractivity contribution in [1.82, 2.24) is 9.55 Å². The van der Waals surface area contributed by atoms with Crippen LogP contribution in [0.4, 0.5) is 8.78 Å². The molecule has 0 saturated carbocycles. The van der Waals surface area contributed by atoms with Crippen molar-refractivity contribution in [2.75, 3.05) is 0 Å². The van der Waals surface area contributed by atoms with E-state index in [2.05, 4.69) is 43.1 Å². The third kappa shape index (κ3) is 3.36. The molecule has 0 N–H and O–H groups in total. The molecule has 0 saturated heterocycles. The van der Waals surface area contributed by atoms with Crippen LogP contribution in [0.1, 0.15) is 11.1 Å². The van der Waals surface area contributed by atoms with Gasteiger partial charge in [0.05, 0.1) is 5.69 Å². The van der Waals surface area contributed by atoms with Crippen molar-refractivity contribution in [3.8, 4) is 5.69 Å². The van der Waals surface area contributed by atoms with Gasteiger partial charge < -0.3 is 0 Å². The minimum Gasteiger partial charge on any atom is -0.297 e. The maximum Gasteiger partial charge on any atom is 0.150 e. The molecule has 3 aromatic carbocycles. The highest BCUT2D eigenvalue weighted by Gasteiger charge is 2.25. The maximum absolute atomic E-state index is 14.5. The van der Waals surface area contributed by atoms with Gasteiger partial charge in [-0.15, -0.1) is 0 Å². The predicted molar refractivity (Wildman–Crippen MR) is 112 cm³/mol. The van der Waals surface area contributed by atoms with Gasteiger partial charge in [-0.05, 0) is 47.7 Å². The Morgan fingerprint density at radius 3 is 2.00 bits per heavy atom. The Bertz CT molecular complexity index is 1090. The van der Waals surface area contributed by atoms with E-state index in [-0.39, 0.29) is 0 Å². The van der Waals surface area contributed by atoms with Crippen LogP contribution in [0.2, 0.25) is 0 Å². The molecular weight excluding hydrogens is 373 g/mol. The number of hydrogen-bond donors (Lipinski definition) is 0. The van der Waals surface area contributed by atoms with Crippen molar-refractivity contribution in [3.63, 3.8) is 0 Å². The fourth-order valence-electron chi connectivity index (χ4n) is 3.30. The lowest BCUT2D eigenvalue weighted by Crippen LogP contribution is -2.29. The number of imidazole rings is 1. The smallest absolute Gasteiger partial charge is 0.150 e. The van der Waals surface area contributed by atoms with E-state index in [4.69, 9.17) is 0 Å². The van der Waals surface area contributed by atoms with Gasteiger partial charge in [-0.25, -0.2) is 13.8 Å². The van der Waals surface area contributed by atoms with Crippen LogP contribution >= 0.6 is 7.92 Å². The van der Waals surface area contributed by atoms with Gasteiger partial charge in [0.2, 0.25) is 0 Å². The first-order valence-corrected chi connectivity index (χ1v) is 10.3.